The number of piperazine rings is 1. The fourth-order valence-electron chi connectivity index (χ4n) is 3.00. The smallest absolute Gasteiger partial charge is 0.416 e. The minimum atomic E-state index is -4.43. The minimum Gasteiger partial charge on any atom is -0.497 e. The van der Waals surface area contributed by atoms with E-state index >= 15 is 0 Å². The Morgan fingerprint density at radius 3 is 2.54 bits per heavy atom. The number of halogens is 3. The van der Waals surface area contributed by atoms with E-state index in [2.05, 4.69) is 10.2 Å². The molecular weight excluding hydrogens is 321 g/mol. The molecule has 0 aliphatic carbocycles. The molecule has 1 aliphatic heterocycles. The lowest BCUT2D eigenvalue weighted by Crippen LogP contribution is -2.45. The Bertz CT molecular complexity index is 665. The molecule has 0 radical (unpaired) electrons. The summed E-state index contributed by atoms with van der Waals surface area (Å²) in [6.07, 6.45) is -2.89. The summed E-state index contributed by atoms with van der Waals surface area (Å²) >= 11 is 0. The third-order valence-electron chi connectivity index (χ3n) is 4.14. The van der Waals surface area contributed by atoms with Gasteiger partial charge in [0.2, 0.25) is 0 Å². The van der Waals surface area contributed by atoms with Gasteiger partial charge in [0.1, 0.15) is 11.5 Å². The van der Waals surface area contributed by atoms with E-state index in [-0.39, 0.29) is 11.8 Å². The summed E-state index contributed by atoms with van der Waals surface area (Å²) in [5.74, 6) is 0.810. The van der Waals surface area contributed by atoms with Gasteiger partial charge in [-0.25, -0.2) is 0 Å². The normalized spacial score (nSPS) is 17.7. The number of alkyl halides is 3. The Hall–Kier alpha value is -1.99. The SMILES string of the molecule is COc1cc([C@@H](c2ccco2)N2CCNCC2)cc(C(F)(F)F)c1. The maximum Gasteiger partial charge on any atom is 0.416 e. The lowest BCUT2D eigenvalue weighted by atomic mass is 9.99. The molecule has 0 unspecified atom stereocenters. The molecule has 0 spiro atoms. The standard InChI is InChI=1S/C17H19F3N2O2/c1-23-14-10-12(9-13(11-14)17(18,19)20)16(15-3-2-8-24-15)22-6-4-21-5-7-22/h2-3,8-11,16,21H,4-7H2,1H3/t16-/m0/s1. The highest BCUT2D eigenvalue weighted by atomic mass is 19.4. The molecule has 1 aromatic heterocycles. The Morgan fingerprint density at radius 2 is 1.96 bits per heavy atom. The van der Waals surface area contributed by atoms with Crippen LogP contribution in [0.5, 0.6) is 5.75 Å². The van der Waals surface area contributed by atoms with E-state index in [1.807, 2.05) is 0 Å². The van der Waals surface area contributed by atoms with Crippen LogP contribution in [-0.2, 0) is 6.18 Å². The van der Waals surface area contributed by atoms with Crippen molar-refractivity contribution >= 4 is 0 Å². The van der Waals surface area contributed by atoms with Gasteiger partial charge in [0, 0.05) is 26.2 Å². The first kappa shape index (κ1) is 16.9. The third-order valence-corrected chi connectivity index (χ3v) is 4.14. The van der Waals surface area contributed by atoms with Gasteiger partial charge in [-0.05, 0) is 35.9 Å². The van der Waals surface area contributed by atoms with E-state index in [9.17, 15) is 13.2 Å². The average molecular weight is 340 g/mol. The number of furan rings is 1. The monoisotopic (exact) mass is 340 g/mol. The fraction of sp³-hybridized carbons (Fsp3) is 0.412. The third kappa shape index (κ3) is 3.57. The van der Waals surface area contributed by atoms with Crippen molar-refractivity contribution in [1.82, 2.24) is 10.2 Å². The Kier molecular flexibility index (Phi) is 4.82. The predicted octanol–water partition coefficient (Wildman–Crippen LogP) is 3.30. The number of rotatable bonds is 4. The summed E-state index contributed by atoms with van der Waals surface area (Å²) in [5, 5.41) is 3.25. The number of hydrogen-bond acceptors (Lipinski definition) is 4. The zero-order valence-corrected chi connectivity index (χ0v) is 13.3. The minimum absolute atomic E-state index is 0.187. The number of methoxy groups -OCH3 is 1. The highest BCUT2D eigenvalue weighted by Crippen LogP contribution is 2.37. The second-order valence-corrected chi connectivity index (χ2v) is 5.70. The summed E-state index contributed by atoms with van der Waals surface area (Å²) in [7, 11) is 1.37. The molecule has 4 nitrogen and oxygen atoms in total. The van der Waals surface area contributed by atoms with Crippen LogP contribution in [0.2, 0.25) is 0 Å². The van der Waals surface area contributed by atoms with E-state index in [0.717, 1.165) is 32.2 Å². The maximum atomic E-state index is 13.2. The summed E-state index contributed by atoms with van der Waals surface area (Å²) in [4.78, 5) is 2.12. The van der Waals surface area contributed by atoms with Crippen LogP contribution < -0.4 is 10.1 Å². The summed E-state index contributed by atoms with van der Waals surface area (Å²) in [6.45, 7) is 3.02. The molecule has 0 saturated carbocycles. The number of nitrogens with one attached hydrogen (secondary N) is 1. The Balaban J connectivity index is 2.06. The lowest BCUT2D eigenvalue weighted by molar-refractivity contribution is -0.137. The lowest BCUT2D eigenvalue weighted by Gasteiger charge is -2.34. The van der Waals surface area contributed by atoms with Gasteiger partial charge in [0.05, 0.1) is 25.0 Å². The van der Waals surface area contributed by atoms with Crippen LogP contribution in [0.15, 0.2) is 41.0 Å². The van der Waals surface area contributed by atoms with Crippen LogP contribution in [0, 0.1) is 0 Å². The summed E-state index contributed by atoms with van der Waals surface area (Å²) < 4.78 is 50.3. The van der Waals surface area contributed by atoms with Crippen molar-refractivity contribution in [1.29, 1.82) is 0 Å². The molecule has 0 bridgehead atoms. The zero-order valence-electron chi connectivity index (χ0n) is 13.3. The number of benzene rings is 1. The second-order valence-electron chi connectivity index (χ2n) is 5.70. The highest BCUT2D eigenvalue weighted by Gasteiger charge is 2.34. The molecule has 2 aromatic rings. The van der Waals surface area contributed by atoms with E-state index in [1.54, 1.807) is 18.2 Å². The van der Waals surface area contributed by atoms with Gasteiger partial charge >= 0.3 is 6.18 Å². The van der Waals surface area contributed by atoms with Crippen LogP contribution in [-0.4, -0.2) is 38.2 Å². The summed E-state index contributed by atoms with van der Waals surface area (Å²) in [6, 6.07) is 7.00. The molecule has 130 valence electrons. The number of hydrogen-bond donors (Lipinski definition) is 1. The molecule has 2 heterocycles. The first-order valence-electron chi connectivity index (χ1n) is 7.73. The van der Waals surface area contributed by atoms with Crippen molar-refractivity contribution in [3.05, 3.63) is 53.5 Å². The second kappa shape index (κ2) is 6.86. The van der Waals surface area contributed by atoms with E-state index in [4.69, 9.17) is 9.15 Å². The van der Waals surface area contributed by atoms with Gasteiger partial charge in [0.25, 0.3) is 0 Å². The first-order valence-corrected chi connectivity index (χ1v) is 7.73. The van der Waals surface area contributed by atoms with Crippen molar-refractivity contribution in [3.63, 3.8) is 0 Å². The molecule has 7 heteroatoms. The van der Waals surface area contributed by atoms with Crippen LogP contribution >= 0.6 is 0 Å². The number of ether oxygens (including phenoxy) is 1. The van der Waals surface area contributed by atoms with Crippen molar-refractivity contribution in [2.75, 3.05) is 33.3 Å². The van der Waals surface area contributed by atoms with Crippen LogP contribution in [0.3, 0.4) is 0 Å². The number of nitrogens with zero attached hydrogens (tertiary/aromatic N) is 1. The molecule has 1 aromatic carbocycles. The Labute approximate surface area is 138 Å². The van der Waals surface area contributed by atoms with Gasteiger partial charge in [0.15, 0.2) is 0 Å². The van der Waals surface area contributed by atoms with Gasteiger partial charge in [-0.15, -0.1) is 0 Å². The molecule has 1 aliphatic rings. The molecule has 0 amide bonds. The maximum absolute atomic E-state index is 13.2. The van der Waals surface area contributed by atoms with Gasteiger partial charge in [-0.3, -0.25) is 4.90 Å². The van der Waals surface area contributed by atoms with Gasteiger partial charge in [-0.2, -0.15) is 13.2 Å². The molecule has 24 heavy (non-hydrogen) atoms. The Morgan fingerprint density at radius 1 is 1.21 bits per heavy atom. The molecule has 1 fully saturated rings. The van der Waals surface area contributed by atoms with E-state index < -0.39 is 11.7 Å². The quantitative estimate of drug-likeness (QED) is 0.927. The van der Waals surface area contributed by atoms with Crippen molar-refractivity contribution in [3.8, 4) is 5.75 Å². The van der Waals surface area contributed by atoms with Crippen LogP contribution in [0.1, 0.15) is 22.9 Å². The van der Waals surface area contributed by atoms with Crippen molar-refractivity contribution in [2.45, 2.75) is 12.2 Å². The molecule has 1 N–H and O–H groups in total. The van der Waals surface area contributed by atoms with Gasteiger partial charge in [-0.1, -0.05) is 0 Å². The molecule has 3 rings (SSSR count). The highest BCUT2D eigenvalue weighted by molar-refractivity contribution is 5.40. The first-order chi connectivity index (χ1) is 11.5. The molecule has 1 atom stereocenters. The van der Waals surface area contributed by atoms with E-state index in [1.165, 1.54) is 19.4 Å². The van der Waals surface area contributed by atoms with Crippen LogP contribution in [0.25, 0.3) is 0 Å². The van der Waals surface area contributed by atoms with Crippen molar-refractivity contribution < 1.29 is 22.3 Å². The predicted molar refractivity (Wildman–Crippen MR) is 83.0 cm³/mol. The van der Waals surface area contributed by atoms with E-state index in [0.29, 0.717) is 11.3 Å². The zero-order chi connectivity index (χ0) is 17.2. The van der Waals surface area contributed by atoms with Crippen molar-refractivity contribution in [2.24, 2.45) is 0 Å². The van der Waals surface area contributed by atoms with Crippen LogP contribution in [0.4, 0.5) is 13.2 Å². The average Bonchev–Trinajstić information content (AvgIpc) is 3.09. The largest absolute Gasteiger partial charge is 0.497 e. The fourth-order valence-corrected chi connectivity index (χ4v) is 3.00. The molecular formula is C17H19F3N2O2. The van der Waals surface area contributed by atoms with Gasteiger partial charge < -0.3 is 14.5 Å². The topological polar surface area (TPSA) is 37.6 Å². The molecule has 1 saturated heterocycles. The summed E-state index contributed by atoms with van der Waals surface area (Å²) in [5.41, 5.74) is -0.206.